The Labute approximate surface area is 204 Å². The number of rotatable bonds is 5. The molecule has 1 aliphatic heterocycles. The second-order valence-electron chi connectivity index (χ2n) is 6.60. The van der Waals surface area contributed by atoms with Crippen LogP contribution in [0.15, 0.2) is 71.6 Å². The summed E-state index contributed by atoms with van der Waals surface area (Å²) in [7, 11) is 0. The molecular formula is C23H14Cl3NO2S2. The van der Waals surface area contributed by atoms with Crippen molar-refractivity contribution < 1.29 is 9.53 Å². The standard InChI is InChI=1S/C23H14Cl3NO2S2/c24-16-4-1-3-14(9-16)13-29-20-8-7-18(26)10-15(20)11-21-22(28)27(23(30)31-21)19-6-2-5-17(25)12-19/h1-12H,13H2/b21-11-. The summed E-state index contributed by atoms with van der Waals surface area (Å²) >= 11 is 25.0. The molecule has 0 aliphatic carbocycles. The zero-order valence-electron chi connectivity index (χ0n) is 15.8. The first kappa shape index (κ1) is 22.2. The normalized spacial score (nSPS) is 15.1. The van der Waals surface area contributed by atoms with Crippen LogP contribution in [0, 0.1) is 0 Å². The van der Waals surface area contributed by atoms with Gasteiger partial charge in [0, 0.05) is 20.6 Å². The average molecular weight is 507 g/mol. The smallest absolute Gasteiger partial charge is 0.270 e. The van der Waals surface area contributed by atoms with Crippen LogP contribution in [0.2, 0.25) is 15.1 Å². The fraction of sp³-hybridized carbons (Fsp3) is 0.0435. The van der Waals surface area contributed by atoms with Gasteiger partial charge in [-0.1, -0.05) is 77.0 Å². The maximum atomic E-state index is 13.1. The molecule has 0 N–H and O–H groups in total. The van der Waals surface area contributed by atoms with Gasteiger partial charge in [-0.3, -0.25) is 9.69 Å². The number of carbonyl (C=O) groups is 1. The highest BCUT2D eigenvalue weighted by molar-refractivity contribution is 8.27. The number of hydrogen-bond donors (Lipinski definition) is 0. The number of amides is 1. The van der Waals surface area contributed by atoms with E-state index in [-0.39, 0.29) is 5.91 Å². The third-order valence-corrected chi connectivity index (χ3v) is 6.41. The maximum absolute atomic E-state index is 13.1. The average Bonchev–Trinajstić information content (AvgIpc) is 3.00. The topological polar surface area (TPSA) is 29.5 Å². The first-order valence-electron chi connectivity index (χ1n) is 9.11. The van der Waals surface area contributed by atoms with E-state index in [2.05, 4.69) is 0 Å². The number of thiocarbonyl (C=S) groups is 1. The number of thioether (sulfide) groups is 1. The molecule has 31 heavy (non-hydrogen) atoms. The van der Waals surface area contributed by atoms with Gasteiger partial charge in [-0.2, -0.15) is 0 Å². The van der Waals surface area contributed by atoms with Crippen LogP contribution in [0.25, 0.3) is 6.08 Å². The second-order valence-corrected chi connectivity index (χ2v) is 9.58. The van der Waals surface area contributed by atoms with Crippen molar-refractivity contribution in [3.63, 3.8) is 0 Å². The van der Waals surface area contributed by atoms with Crippen LogP contribution in [0.4, 0.5) is 5.69 Å². The van der Waals surface area contributed by atoms with Gasteiger partial charge in [-0.25, -0.2) is 0 Å². The molecule has 1 amide bonds. The zero-order chi connectivity index (χ0) is 22.0. The third-order valence-electron chi connectivity index (χ3n) is 4.40. The predicted molar refractivity (Wildman–Crippen MR) is 134 cm³/mol. The van der Waals surface area contributed by atoms with Gasteiger partial charge in [0.15, 0.2) is 4.32 Å². The lowest BCUT2D eigenvalue weighted by molar-refractivity contribution is -0.113. The van der Waals surface area contributed by atoms with E-state index in [1.165, 1.54) is 16.7 Å². The molecule has 1 fully saturated rings. The lowest BCUT2D eigenvalue weighted by Gasteiger charge is -2.14. The number of ether oxygens (including phenoxy) is 1. The molecule has 1 heterocycles. The van der Waals surface area contributed by atoms with Gasteiger partial charge in [0.25, 0.3) is 5.91 Å². The molecule has 1 saturated heterocycles. The molecule has 3 aromatic carbocycles. The Kier molecular flexibility index (Phi) is 6.89. The Balaban J connectivity index is 1.61. The van der Waals surface area contributed by atoms with E-state index in [9.17, 15) is 4.79 Å². The summed E-state index contributed by atoms with van der Waals surface area (Å²) in [5.41, 5.74) is 2.24. The lowest BCUT2D eigenvalue weighted by Crippen LogP contribution is -2.27. The van der Waals surface area contributed by atoms with E-state index in [4.69, 9.17) is 51.8 Å². The highest BCUT2D eigenvalue weighted by atomic mass is 35.5. The molecule has 156 valence electrons. The molecule has 0 bridgehead atoms. The Bertz CT molecular complexity index is 1210. The number of anilines is 1. The summed E-state index contributed by atoms with van der Waals surface area (Å²) in [6.07, 6.45) is 1.74. The summed E-state index contributed by atoms with van der Waals surface area (Å²) in [6, 6.07) is 19.7. The Morgan fingerprint density at radius 3 is 2.39 bits per heavy atom. The van der Waals surface area contributed by atoms with Crippen molar-refractivity contribution >= 4 is 80.8 Å². The Morgan fingerprint density at radius 1 is 0.935 bits per heavy atom. The number of nitrogens with zero attached hydrogens (tertiary/aromatic N) is 1. The number of carbonyl (C=O) groups excluding carboxylic acids is 1. The van der Waals surface area contributed by atoms with Crippen molar-refractivity contribution in [2.24, 2.45) is 0 Å². The van der Waals surface area contributed by atoms with E-state index >= 15 is 0 Å². The summed E-state index contributed by atoms with van der Waals surface area (Å²) in [5.74, 6) is 0.371. The van der Waals surface area contributed by atoms with Gasteiger partial charge >= 0.3 is 0 Å². The van der Waals surface area contributed by atoms with Gasteiger partial charge in [0.1, 0.15) is 12.4 Å². The minimum Gasteiger partial charge on any atom is -0.488 e. The van der Waals surface area contributed by atoms with Crippen molar-refractivity contribution in [3.8, 4) is 5.75 Å². The Hall–Kier alpha value is -2.02. The van der Waals surface area contributed by atoms with Gasteiger partial charge in [0.05, 0.1) is 10.6 Å². The predicted octanol–water partition coefficient (Wildman–Crippen LogP) is 7.63. The number of benzene rings is 3. The van der Waals surface area contributed by atoms with Crippen molar-refractivity contribution in [2.75, 3.05) is 4.90 Å². The van der Waals surface area contributed by atoms with Crippen LogP contribution in [0.1, 0.15) is 11.1 Å². The molecule has 3 aromatic rings. The molecular weight excluding hydrogens is 493 g/mol. The van der Waals surface area contributed by atoms with Crippen molar-refractivity contribution in [1.82, 2.24) is 0 Å². The minimum absolute atomic E-state index is 0.224. The van der Waals surface area contributed by atoms with Gasteiger partial charge in [-0.15, -0.1) is 0 Å². The molecule has 0 radical (unpaired) electrons. The Morgan fingerprint density at radius 2 is 1.65 bits per heavy atom. The fourth-order valence-electron chi connectivity index (χ4n) is 3.00. The summed E-state index contributed by atoms with van der Waals surface area (Å²) in [6.45, 7) is 0.326. The molecule has 4 rings (SSSR count). The number of halogens is 3. The first-order valence-corrected chi connectivity index (χ1v) is 11.5. The molecule has 0 spiro atoms. The summed E-state index contributed by atoms with van der Waals surface area (Å²) in [5, 5.41) is 1.70. The van der Waals surface area contributed by atoms with Crippen LogP contribution in [0.5, 0.6) is 5.75 Å². The maximum Gasteiger partial charge on any atom is 0.270 e. The molecule has 0 aromatic heterocycles. The van der Waals surface area contributed by atoms with E-state index in [1.54, 1.807) is 54.6 Å². The lowest BCUT2D eigenvalue weighted by atomic mass is 10.1. The van der Waals surface area contributed by atoms with Crippen LogP contribution < -0.4 is 9.64 Å². The van der Waals surface area contributed by atoms with Gasteiger partial charge in [0.2, 0.25) is 0 Å². The molecule has 0 atom stereocenters. The molecule has 0 saturated carbocycles. The molecule has 3 nitrogen and oxygen atoms in total. The van der Waals surface area contributed by atoms with E-state index in [1.807, 2.05) is 18.2 Å². The van der Waals surface area contributed by atoms with Crippen molar-refractivity contribution in [3.05, 3.63) is 97.8 Å². The molecule has 0 unspecified atom stereocenters. The highest BCUT2D eigenvalue weighted by Crippen LogP contribution is 2.38. The van der Waals surface area contributed by atoms with Crippen LogP contribution in [-0.2, 0) is 11.4 Å². The van der Waals surface area contributed by atoms with Crippen LogP contribution in [0.3, 0.4) is 0 Å². The van der Waals surface area contributed by atoms with Crippen molar-refractivity contribution in [1.29, 1.82) is 0 Å². The van der Waals surface area contributed by atoms with Crippen LogP contribution in [-0.4, -0.2) is 10.2 Å². The monoisotopic (exact) mass is 505 g/mol. The fourth-order valence-corrected chi connectivity index (χ4v) is 4.87. The number of hydrogen-bond acceptors (Lipinski definition) is 4. The van der Waals surface area contributed by atoms with Gasteiger partial charge in [-0.05, 0) is 60.2 Å². The van der Waals surface area contributed by atoms with Crippen LogP contribution >= 0.6 is 58.8 Å². The van der Waals surface area contributed by atoms with Gasteiger partial charge < -0.3 is 4.74 Å². The largest absolute Gasteiger partial charge is 0.488 e. The summed E-state index contributed by atoms with van der Waals surface area (Å²) in [4.78, 5) is 15.0. The quantitative estimate of drug-likeness (QED) is 0.263. The highest BCUT2D eigenvalue weighted by Gasteiger charge is 2.33. The zero-order valence-corrected chi connectivity index (χ0v) is 19.8. The van der Waals surface area contributed by atoms with E-state index in [0.717, 1.165) is 5.56 Å². The van der Waals surface area contributed by atoms with E-state index < -0.39 is 0 Å². The SMILES string of the molecule is O=C1/C(=C/c2cc(Cl)ccc2OCc2cccc(Cl)c2)SC(=S)N1c1cccc(Cl)c1. The third kappa shape index (κ3) is 5.25. The summed E-state index contributed by atoms with van der Waals surface area (Å²) < 4.78 is 6.42. The van der Waals surface area contributed by atoms with Crippen molar-refractivity contribution in [2.45, 2.75) is 6.61 Å². The first-order chi connectivity index (χ1) is 14.9. The molecule has 8 heteroatoms. The van der Waals surface area contributed by atoms with E-state index in [0.29, 0.717) is 47.9 Å². The second kappa shape index (κ2) is 9.63. The minimum atomic E-state index is -0.224. The molecule has 1 aliphatic rings.